The van der Waals surface area contributed by atoms with Crippen molar-refractivity contribution < 1.29 is 27.2 Å². The molecule has 0 bridgehead atoms. The number of Topliss-reactive ketones (excluding diaryl/α,β-unsaturated/α-hetero) is 1. The van der Waals surface area contributed by atoms with E-state index in [4.69, 9.17) is 8.83 Å². The van der Waals surface area contributed by atoms with Gasteiger partial charge in [0, 0.05) is 12.5 Å². The molecule has 1 amide bonds. The molecule has 0 aliphatic carbocycles. The van der Waals surface area contributed by atoms with Crippen molar-refractivity contribution in [1.29, 1.82) is 0 Å². The highest BCUT2D eigenvalue weighted by Gasteiger charge is 2.25. The minimum Gasteiger partial charge on any atom is -0.455 e. The summed E-state index contributed by atoms with van der Waals surface area (Å²) in [5.41, 5.74) is -0.324. The van der Waals surface area contributed by atoms with E-state index in [1.807, 2.05) is 6.92 Å². The second-order valence-electron chi connectivity index (χ2n) is 8.15. The lowest BCUT2D eigenvalue weighted by Gasteiger charge is -2.17. The zero-order valence-electron chi connectivity index (χ0n) is 18.0. The number of nitrogens with zero attached hydrogens (tertiary/aromatic N) is 1. The summed E-state index contributed by atoms with van der Waals surface area (Å²) in [6.07, 6.45) is 5.42. The third kappa shape index (κ3) is 4.75. The van der Waals surface area contributed by atoms with Crippen molar-refractivity contribution in [2.75, 3.05) is 18.4 Å². The van der Waals surface area contributed by atoms with Gasteiger partial charge < -0.3 is 14.2 Å². The summed E-state index contributed by atoms with van der Waals surface area (Å²) in [5.74, 6) is -2.29. The van der Waals surface area contributed by atoms with E-state index in [1.54, 1.807) is 12.1 Å². The number of hydrogen-bond donors (Lipinski definition) is 1. The molecule has 1 fully saturated rings. The summed E-state index contributed by atoms with van der Waals surface area (Å²) in [6.45, 7) is 4.40. The van der Waals surface area contributed by atoms with Crippen LogP contribution in [0.1, 0.15) is 72.3 Å². The van der Waals surface area contributed by atoms with Gasteiger partial charge in [-0.05, 0) is 50.6 Å². The number of ketones is 1. The topological polar surface area (TPSA) is 75.7 Å². The molecule has 3 aromatic rings. The summed E-state index contributed by atoms with van der Waals surface area (Å²) in [7, 11) is 0. The molecule has 3 heterocycles. The van der Waals surface area contributed by atoms with Gasteiger partial charge in [0.1, 0.15) is 11.6 Å². The molecule has 0 unspecified atom stereocenters. The molecule has 4 rings (SSSR count). The predicted molar refractivity (Wildman–Crippen MR) is 116 cm³/mol. The van der Waals surface area contributed by atoms with Crippen molar-refractivity contribution in [3.05, 3.63) is 53.2 Å². The highest BCUT2D eigenvalue weighted by Crippen LogP contribution is 2.35. The van der Waals surface area contributed by atoms with Gasteiger partial charge in [-0.3, -0.25) is 14.5 Å². The minimum atomic E-state index is -0.941. The normalized spacial score (nSPS) is 15.1. The van der Waals surface area contributed by atoms with Gasteiger partial charge in [-0.15, -0.1) is 0 Å². The molecule has 8 heteroatoms. The Kier molecular flexibility index (Phi) is 6.69. The number of benzene rings is 1. The summed E-state index contributed by atoms with van der Waals surface area (Å²) in [6, 6.07) is 5.01. The fraction of sp³-hybridized carbons (Fsp3) is 0.417. The smallest absolute Gasteiger partial charge is 0.291 e. The van der Waals surface area contributed by atoms with Crippen LogP contribution in [0.2, 0.25) is 0 Å². The van der Waals surface area contributed by atoms with Gasteiger partial charge in [-0.1, -0.05) is 19.8 Å². The summed E-state index contributed by atoms with van der Waals surface area (Å²) in [4.78, 5) is 27.7. The number of halogens is 2. The Labute approximate surface area is 184 Å². The van der Waals surface area contributed by atoms with Crippen molar-refractivity contribution in [3.63, 3.8) is 0 Å². The molecular weight excluding hydrogens is 418 g/mol. The lowest BCUT2D eigenvalue weighted by Crippen LogP contribution is -2.23. The average molecular weight is 444 g/mol. The van der Waals surface area contributed by atoms with Crippen LogP contribution in [0.15, 0.2) is 33.1 Å². The fourth-order valence-corrected chi connectivity index (χ4v) is 4.06. The first-order valence-electron chi connectivity index (χ1n) is 11.0. The molecule has 1 aliphatic rings. The third-order valence-corrected chi connectivity index (χ3v) is 5.64. The standard InChI is InChI=1S/C24H26F2N2O4/c1-2-7-19(29)23-21(17-12-15(25)13-18(26)22(17)32-23)27-24(30)20-9-8-16(31-20)14-28-10-5-3-4-6-11-28/h8-9,12-13H,2-7,10-11,14H2,1H3,(H,27,30). The first-order chi connectivity index (χ1) is 15.5. The molecule has 1 N–H and O–H groups in total. The van der Waals surface area contributed by atoms with Crippen molar-refractivity contribution in [3.8, 4) is 0 Å². The van der Waals surface area contributed by atoms with Crippen LogP contribution in [-0.2, 0) is 6.54 Å². The van der Waals surface area contributed by atoms with E-state index in [-0.39, 0.29) is 34.6 Å². The third-order valence-electron chi connectivity index (χ3n) is 5.64. The van der Waals surface area contributed by atoms with Crippen molar-refractivity contribution in [2.24, 2.45) is 0 Å². The van der Waals surface area contributed by atoms with E-state index >= 15 is 0 Å². The van der Waals surface area contributed by atoms with E-state index in [0.29, 0.717) is 24.8 Å². The summed E-state index contributed by atoms with van der Waals surface area (Å²) < 4.78 is 39.2. The number of rotatable bonds is 7. The Morgan fingerprint density at radius 1 is 1.06 bits per heavy atom. The Balaban J connectivity index is 1.58. The van der Waals surface area contributed by atoms with Crippen LogP contribution in [0.5, 0.6) is 0 Å². The highest BCUT2D eigenvalue weighted by molar-refractivity contribution is 6.14. The van der Waals surface area contributed by atoms with Crippen LogP contribution in [0.4, 0.5) is 14.5 Å². The van der Waals surface area contributed by atoms with Crippen LogP contribution < -0.4 is 5.32 Å². The number of carbonyl (C=O) groups excluding carboxylic acids is 2. The molecule has 1 saturated heterocycles. The number of anilines is 1. The monoisotopic (exact) mass is 444 g/mol. The molecule has 0 atom stereocenters. The molecule has 2 aromatic heterocycles. The SMILES string of the molecule is CCCC(=O)c1oc2c(F)cc(F)cc2c1NC(=O)c1ccc(CN2CCCCCC2)o1. The van der Waals surface area contributed by atoms with Crippen molar-refractivity contribution >= 4 is 28.3 Å². The van der Waals surface area contributed by atoms with E-state index in [9.17, 15) is 18.4 Å². The minimum absolute atomic E-state index is 0.00773. The van der Waals surface area contributed by atoms with Gasteiger partial charge >= 0.3 is 0 Å². The second kappa shape index (κ2) is 9.65. The largest absolute Gasteiger partial charge is 0.455 e. The van der Waals surface area contributed by atoms with Crippen LogP contribution in [0.25, 0.3) is 11.0 Å². The number of hydrogen-bond acceptors (Lipinski definition) is 5. The molecule has 170 valence electrons. The van der Waals surface area contributed by atoms with Crippen LogP contribution in [0.3, 0.4) is 0 Å². The van der Waals surface area contributed by atoms with Gasteiger partial charge in [0.2, 0.25) is 0 Å². The van der Waals surface area contributed by atoms with Gasteiger partial charge in [-0.25, -0.2) is 8.78 Å². The van der Waals surface area contributed by atoms with Crippen LogP contribution >= 0.6 is 0 Å². The van der Waals surface area contributed by atoms with Gasteiger partial charge in [0.15, 0.2) is 28.7 Å². The summed E-state index contributed by atoms with van der Waals surface area (Å²) in [5, 5.41) is 2.57. The maximum absolute atomic E-state index is 14.2. The number of amides is 1. The van der Waals surface area contributed by atoms with E-state index in [1.165, 1.54) is 12.8 Å². The molecule has 32 heavy (non-hydrogen) atoms. The molecule has 0 saturated carbocycles. The molecule has 0 spiro atoms. The molecule has 0 radical (unpaired) electrons. The van der Waals surface area contributed by atoms with E-state index < -0.39 is 23.3 Å². The van der Waals surface area contributed by atoms with Crippen LogP contribution in [-0.4, -0.2) is 29.7 Å². The predicted octanol–water partition coefficient (Wildman–Crippen LogP) is 5.92. The molecule has 6 nitrogen and oxygen atoms in total. The maximum atomic E-state index is 14.2. The first-order valence-corrected chi connectivity index (χ1v) is 11.0. The van der Waals surface area contributed by atoms with Crippen molar-refractivity contribution in [1.82, 2.24) is 4.90 Å². The first kappa shape index (κ1) is 22.2. The lowest BCUT2D eigenvalue weighted by molar-refractivity contribution is 0.0958. The Hall–Kier alpha value is -3.00. The quantitative estimate of drug-likeness (QED) is 0.458. The highest BCUT2D eigenvalue weighted by atomic mass is 19.1. The number of nitrogens with one attached hydrogen (secondary N) is 1. The molecule has 1 aliphatic heterocycles. The van der Waals surface area contributed by atoms with Gasteiger partial charge in [-0.2, -0.15) is 0 Å². The lowest BCUT2D eigenvalue weighted by atomic mass is 10.1. The molecular formula is C24H26F2N2O4. The van der Waals surface area contributed by atoms with E-state index in [2.05, 4.69) is 10.2 Å². The van der Waals surface area contributed by atoms with Gasteiger partial charge in [0.25, 0.3) is 5.91 Å². The van der Waals surface area contributed by atoms with Gasteiger partial charge in [0.05, 0.1) is 17.6 Å². The number of likely N-dealkylation sites (tertiary alicyclic amines) is 1. The van der Waals surface area contributed by atoms with E-state index in [0.717, 1.165) is 32.0 Å². The zero-order chi connectivity index (χ0) is 22.7. The number of carbonyl (C=O) groups is 2. The second-order valence-corrected chi connectivity index (χ2v) is 8.15. The van der Waals surface area contributed by atoms with Crippen molar-refractivity contribution in [2.45, 2.75) is 52.0 Å². The Bertz CT molecular complexity index is 1130. The fourth-order valence-electron chi connectivity index (χ4n) is 4.06. The zero-order valence-corrected chi connectivity index (χ0v) is 18.0. The number of furan rings is 2. The molecule has 1 aromatic carbocycles. The number of fused-ring (bicyclic) bond motifs is 1. The van der Waals surface area contributed by atoms with Crippen LogP contribution in [0, 0.1) is 11.6 Å². The average Bonchev–Trinajstić information content (AvgIpc) is 3.26. The Morgan fingerprint density at radius 3 is 2.53 bits per heavy atom. The Morgan fingerprint density at radius 2 is 1.81 bits per heavy atom. The maximum Gasteiger partial charge on any atom is 0.291 e. The summed E-state index contributed by atoms with van der Waals surface area (Å²) >= 11 is 0.